The molecule has 0 spiro atoms. The Hall–Kier alpha value is -2.68. The molecule has 0 aromatic heterocycles. The van der Waals surface area contributed by atoms with Crippen LogP contribution >= 0.6 is 0 Å². The molecule has 0 saturated carbocycles. The Kier molecular flexibility index (Phi) is 6.60. The Morgan fingerprint density at radius 3 is 2.30 bits per heavy atom. The number of carbonyl (C=O) groups excluding carboxylic acids is 1. The van der Waals surface area contributed by atoms with Crippen molar-refractivity contribution in [2.24, 2.45) is 0 Å². The number of hydrogen-bond acceptors (Lipinski definition) is 4. The van der Waals surface area contributed by atoms with Crippen molar-refractivity contribution in [1.29, 1.82) is 0 Å². The third-order valence-electron chi connectivity index (χ3n) is 5.12. The van der Waals surface area contributed by atoms with Gasteiger partial charge in [-0.05, 0) is 49.6 Å². The number of anilines is 2. The molecular formula is C21H25F2N3O3S. The molecule has 1 fully saturated rings. The van der Waals surface area contributed by atoms with Gasteiger partial charge in [0, 0.05) is 31.4 Å². The van der Waals surface area contributed by atoms with Gasteiger partial charge < -0.3 is 10.2 Å². The molecule has 30 heavy (non-hydrogen) atoms. The van der Waals surface area contributed by atoms with E-state index < -0.39 is 33.6 Å². The molecule has 1 unspecified atom stereocenters. The Morgan fingerprint density at radius 1 is 1.10 bits per heavy atom. The molecule has 1 aliphatic rings. The van der Waals surface area contributed by atoms with Crippen LogP contribution in [0.1, 0.15) is 25.3 Å². The van der Waals surface area contributed by atoms with Crippen molar-refractivity contribution in [3.8, 4) is 0 Å². The summed E-state index contributed by atoms with van der Waals surface area (Å²) in [5.41, 5.74) is 1.89. The molecule has 1 N–H and O–H groups in total. The van der Waals surface area contributed by atoms with Crippen LogP contribution in [0.15, 0.2) is 42.5 Å². The van der Waals surface area contributed by atoms with Gasteiger partial charge in [-0.1, -0.05) is 12.1 Å². The maximum absolute atomic E-state index is 13.6. The summed E-state index contributed by atoms with van der Waals surface area (Å²) in [7, 11) is -3.91. The zero-order valence-electron chi connectivity index (χ0n) is 16.9. The first-order valence-corrected chi connectivity index (χ1v) is 11.6. The zero-order valence-corrected chi connectivity index (χ0v) is 17.8. The molecule has 1 atom stereocenters. The van der Waals surface area contributed by atoms with E-state index in [2.05, 4.69) is 10.2 Å². The van der Waals surface area contributed by atoms with Crippen molar-refractivity contribution in [3.05, 3.63) is 59.7 Å². The quantitative estimate of drug-likeness (QED) is 0.723. The molecule has 1 saturated heterocycles. The predicted octanol–water partition coefficient (Wildman–Crippen LogP) is 3.04. The zero-order chi connectivity index (χ0) is 21.9. The number of nitrogens with one attached hydrogen (secondary N) is 1. The van der Waals surface area contributed by atoms with Crippen molar-refractivity contribution in [2.45, 2.75) is 32.4 Å². The van der Waals surface area contributed by atoms with E-state index in [1.165, 1.54) is 19.8 Å². The third-order valence-corrected chi connectivity index (χ3v) is 6.36. The Balaban J connectivity index is 1.68. The monoisotopic (exact) mass is 437 g/mol. The lowest BCUT2D eigenvalue weighted by atomic mass is 10.2. The predicted molar refractivity (Wildman–Crippen MR) is 113 cm³/mol. The highest BCUT2D eigenvalue weighted by atomic mass is 32.2. The summed E-state index contributed by atoms with van der Waals surface area (Å²) in [6, 6.07) is 9.41. The first-order valence-electron chi connectivity index (χ1n) is 9.73. The van der Waals surface area contributed by atoms with Gasteiger partial charge in [-0.3, -0.25) is 9.10 Å². The van der Waals surface area contributed by atoms with Gasteiger partial charge in [-0.25, -0.2) is 17.2 Å². The second kappa shape index (κ2) is 8.99. The van der Waals surface area contributed by atoms with Crippen molar-refractivity contribution < 1.29 is 22.0 Å². The molecule has 6 nitrogen and oxygen atoms in total. The van der Waals surface area contributed by atoms with E-state index in [1.807, 2.05) is 24.3 Å². The van der Waals surface area contributed by atoms with Gasteiger partial charge in [0.25, 0.3) is 0 Å². The highest BCUT2D eigenvalue weighted by Gasteiger charge is 2.29. The van der Waals surface area contributed by atoms with Crippen molar-refractivity contribution in [1.82, 2.24) is 5.32 Å². The summed E-state index contributed by atoms with van der Waals surface area (Å²) < 4.78 is 52.1. The maximum atomic E-state index is 13.6. The molecule has 3 rings (SSSR count). The van der Waals surface area contributed by atoms with Crippen LogP contribution in [0.3, 0.4) is 0 Å². The topological polar surface area (TPSA) is 69.7 Å². The third kappa shape index (κ3) is 5.08. The van der Waals surface area contributed by atoms with Gasteiger partial charge in [0.2, 0.25) is 15.9 Å². The number of benzene rings is 2. The van der Waals surface area contributed by atoms with E-state index >= 15 is 0 Å². The van der Waals surface area contributed by atoms with Gasteiger partial charge in [-0.2, -0.15) is 0 Å². The van der Waals surface area contributed by atoms with Gasteiger partial charge in [0.15, 0.2) is 11.6 Å². The van der Waals surface area contributed by atoms with Crippen LogP contribution in [0.5, 0.6) is 0 Å². The smallest absolute Gasteiger partial charge is 0.243 e. The SMILES string of the molecule is CC(C(=O)NCc1ccc(N2CCCC2)cc1)N(c1ccc(F)c(F)c1)S(C)(=O)=O. The Morgan fingerprint density at radius 2 is 1.73 bits per heavy atom. The van der Waals surface area contributed by atoms with Gasteiger partial charge >= 0.3 is 0 Å². The minimum atomic E-state index is -3.91. The van der Waals surface area contributed by atoms with E-state index in [0.29, 0.717) is 0 Å². The van der Waals surface area contributed by atoms with Gasteiger partial charge in [-0.15, -0.1) is 0 Å². The summed E-state index contributed by atoms with van der Waals surface area (Å²) in [6.45, 7) is 3.70. The molecule has 0 radical (unpaired) electrons. The number of nitrogens with zero attached hydrogens (tertiary/aromatic N) is 2. The molecular weight excluding hydrogens is 412 g/mol. The number of carbonyl (C=O) groups is 1. The fourth-order valence-electron chi connectivity index (χ4n) is 3.57. The second-order valence-corrected chi connectivity index (χ2v) is 9.27. The van der Waals surface area contributed by atoms with Crippen LogP contribution in [0, 0.1) is 11.6 Å². The summed E-state index contributed by atoms with van der Waals surface area (Å²) in [4.78, 5) is 14.9. The minimum Gasteiger partial charge on any atom is -0.372 e. The first-order chi connectivity index (χ1) is 14.2. The average molecular weight is 438 g/mol. The highest BCUT2D eigenvalue weighted by molar-refractivity contribution is 7.92. The standard InChI is InChI=1S/C21H25F2N3O3S/c1-15(26(30(2,28)29)18-9-10-19(22)20(23)13-18)21(27)24-14-16-5-7-17(8-6-16)25-11-3-4-12-25/h5-10,13,15H,3-4,11-12,14H2,1-2H3,(H,24,27). The first kappa shape index (κ1) is 22.0. The van der Waals surface area contributed by atoms with Crippen molar-refractivity contribution in [3.63, 3.8) is 0 Å². The maximum Gasteiger partial charge on any atom is 0.243 e. The summed E-state index contributed by atoms with van der Waals surface area (Å²) in [5.74, 6) is -2.83. The van der Waals surface area contributed by atoms with E-state index in [-0.39, 0.29) is 12.2 Å². The lowest BCUT2D eigenvalue weighted by molar-refractivity contribution is -0.122. The molecule has 162 valence electrons. The van der Waals surface area contributed by atoms with Crippen LogP contribution in [-0.2, 0) is 21.4 Å². The van der Waals surface area contributed by atoms with Crippen LogP contribution in [0.25, 0.3) is 0 Å². The minimum absolute atomic E-state index is 0.117. The van der Waals surface area contributed by atoms with E-state index in [0.717, 1.165) is 53.1 Å². The fourth-order valence-corrected chi connectivity index (χ4v) is 4.73. The number of halogens is 2. The Labute approximate surface area is 175 Å². The summed E-state index contributed by atoms with van der Waals surface area (Å²) in [5, 5.41) is 2.71. The average Bonchev–Trinajstić information content (AvgIpc) is 3.23. The largest absolute Gasteiger partial charge is 0.372 e. The van der Waals surface area contributed by atoms with E-state index in [4.69, 9.17) is 0 Å². The van der Waals surface area contributed by atoms with Crippen LogP contribution in [0.4, 0.5) is 20.2 Å². The highest BCUT2D eigenvalue weighted by Crippen LogP contribution is 2.23. The van der Waals surface area contributed by atoms with E-state index in [1.54, 1.807) is 0 Å². The lowest BCUT2D eigenvalue weighted by Crippen LogP contribution is -2.47. The number of sulfonamides is 1. The van der Waals surface area contributed by atoms with Crippen LogP contribution in [-0.4, -0.2) is 39.7 Å². The molecule has 1 heterocycles. The number of hydrogen-bond donors (Lipinski definition) is 1. The van der Waals surface area contributed by atoms with Gasteiger partial charge in [0.05, 0.1) is 11.9 Å². The second-order valence-electron chi connectivity index (χ2n) is 7.41. The normalized spacial score (nSPS) is 15.1. The van der Waals surface area contributed by atoms with E-state index in [9.17, 15) is 22.0 Å². The lowest BCUT2D eigenvalue weighted by Gasteiger charge is -2.28. The summed E-state index contributed by atoms with van der Waals surface area (Å²) >= 11 is 0. The number of rotatable bonds is 7. The Bertz CT molecular complexity index is 1010. The number of amides is 1. The molecule has 0 aliphatic carbocycles. The summed E-state index contributed by atoms with van der Waals surface area (Å²) in [6.07, 6.45) is 3.28. The molecule has 0 bridgehead atoms. The van der Waals surface area contributed by atoms with Crippen LogP contribution < -0.4 is 14.5 Å². The molecule has 1 aliphatic heterocycles. The molecule has 9 heteroatoms. The molecule has 2 aromatic rings. The molecule has 2 aromatic carbocycles. The van der Waals surface area contributed by atoms with Crippen molar-refractivity contribution in [2.75, 3.05) is 28.6 Å². The van der Waals surface area contributed by atoms with Gasteiger partial charge in [0.1, 0.15) is 6.04 Å². The van der Waals surface area contributed by atoms with Crippen LogP contribution in [0.2, 0.25) is 0 Å². The fraction of sp³-hybridized carbons (Fsp3) is 0.381. The van der Waals surface area contributed by atoms with Crippen molar-refractivity contribution >= 4 is 27.3 Å². The molecule has 1 amide bonds.